The predicted octanol–water partition coefficient (Wildman–Crippen LogP) is 2.90. The van der Waals surface area contributed by atoms with Crippen molar-refractivity contribution in [1.29, 1.82) is 0 Å². The average Bonchev–Trinajstić information content (AvgIpc) is 2.95. The molecule has 3 rings (SSSR count). The van der Waals surface area contributed by atoms with Crippen LogP contribution in [0.3, 0.4) is 0 Å². The van der Waals surface area contributed by atoms with E-state index in [4.69, 9.17) is 0 Å². The molecule has 2 heterocycles. The first-order valence-electron chi connectivity index (χ1n) is 10.5. The zero-order valence-electron chi connectivity index (χ0n) is 17.1. The largest absolute Gasteiger partial charge is 0.342 e. The van der Waals surface area contributed by atoms with E-state index in [-0.39, 0.29) is 23.7 Å². The zero-order chi connectivity index (χ0) is 20.1. The summed E-state index contributed by atoms with van der Waals surface area (Å²) in [5.74, 6) is 0.519. The first-order chi connectivity index (χ1) is 13.4. The Morgan fingerprint density at radius 1 is 1.14 bits per heavy atom. The Kier molecular flexibility index (Phi) is 7.05. The molecule has 0 N–H and O–H groups in total. The van der Waals surface area contributed by atoms with Crippen molar-refractivity contribution >= 4 is 11.8 Å². The van der Waals surface area contributed by atoms with Crippen LogP contribution >= 0.6 is 0 Å². The first kappa shape index (κ1) is 20.8. The molecule has 0 saturated carbocycles. The monoisotopic (exact) mass is 389 g/mol. The lowest BCUT2D eigenvalue weighted by molar-refractivity contribution is -0.133. The van der Waals surface area contributed by atoms with Gasteiger partial charge in [-0.2, -0.15) is 0 Å². The molecule has 6 heteroatoms. The average molecular weight is 390 g/mol. The Bertz CT molecular complexity index is 677. The van der Waals surface area contributed by atoms with Crippen molar-refractivity contribution < 1.29 is 14.0 Å². The molecule has 0 radical (unpaired) electrons. The molecule has 5 nitrogen and oxygen atoms in total. The zero-order valence-corrected chi connectivity index (χ0v) is 17.1. The van der Waals surface area contributed by atoms with Crippen molar-refractivity contribution in [3.05, 3.63) is 35.6 Å². The summed E-state index contributed by atoms with van der Waals surface area (Å²) >= 11 is 0. The molecule has 154 valence electrons. The fraction of sp³-hybridized carbons (Fsp3) is 0.636. The number of amides is 2. The molecule has 2 aliphatic heterocycles. The molecule has 2 saturated heterocycles. The maximum Gasteiger partial charge on any atom is 0.224 e. The summed E-state index contributed by atoms with van der Waals surface area (Å²) in [5, 5.41) is 0. The van der Waals surface area contributed by atoms with Gasteiger partial charge in [-0.1, -0.05) is 26.0 Å². The topological polar surface area (TPSA) is 43.9 Å². The highest BCUT2D eigenvalue weighted by atomic mass is 19.1. The molecule has 1 aromatic carbocycles. The van der Waals surface area contributed by atoms with E-state index in [9.17, 15) is 14.0 Å². The second-order valence-corrected chi connectivity index (χ2v) is 8.34. The van der Waals surface area contributed by atoms with Crippen LogP contribution in [0.15, 0.2) is 24.3 Å². The molecule has 0 bridgehead atoms. The summed E-state index contributed by atoms with van der Waals surface area (Å²) in [4.78, 5) is 30.8. The summed E-state index contributed by atoms with van der Waals surface area (Å²) < 4.78 is 13.2. The van der Waals surface area contributed by atoms with Crippen molar-refractivity contribution in [2.75, 3.05) is 32.7 Å². The van der Waals surface area contributed by atoms with Gasteiger partial charge in [0.2, 0.25) is 11.8 Å². The molecular weight excluding hydrogens is 357 g/mol. The van der Waals surface area contributed by atoms with Crippen LogP contribution in [0.4, 0.5) is 4.39 Å². The molecule has 0 aliphatic carbocycles. The number of halogens is 1. The molecule has 2 amide bonds. The standard InChI is InChI=1S/C22H32FN3O2/c1-17(2)20-16-26(22(28)10-14-24-11-3-5-21(24)27)13-4-12-25(20)15-18-6-8-19(23)9-7-18/h6-9,17,20H,3-5,10-16H2,1-2H3. The van der Waals surface area contributed by atoms with E-state index in [2.05, 4.69) is 18.7 Å². The number of likely N-dealkylation sites (tertiary alicyclic amines) is 1. The third kappa shape index (κ3) is 5.31. The third-order valence-electron chi connectivity index (χ3n) is 5.94. The third-order valence-corrected chi connectivity index (χ3v) is 5.94. The predicted molar refractivity (Wildman–Crippen MR) is 107 cm³/mol. The van der Waals surface area contributed by atoms with Crippen LogP contribution < -0.4 is 0 Å². The minimum absolute atomic E-state index is 0.147. The van der Waals surface area contributed by atoms with Crippen LogP contribution in [0.2, 0.25) is 0 Å². The Morgan fingerprint density at radius 2 is 1.89 bits per heavy atom. The number of benzene rings is 1. The number of hydrogen-bond acceptors (Lipinski definition) is 3. The molecule has 28 heavy (non-hydrogen) atoms. The number of carbonyl (C=O) groups is 2. The van der Waals surface area contributed by atoms with Gasteiger partial charge in [-0.25, -0.2) is 4.39 Å². The van der Waals surface area contributed by atoms with Gasteiger partial charge < -0.3 is 9.80 Å². The molecule has 0 aromatic heterocycles. The highest BCUT2D eigenvalue weighted by Gasteiger charge is 2.30. The van der Waals surface area contributed by atoms with E-state index >= 15 is 0 Å². The van der Waals surface area contributed by atoms with Gasteiger partial charge in [-0.05, 0) is 36.5 Å². The molecular formula is C22H32FN3O2. The molecule has 1 aromatic rings. The van der Waals surface area contributed by atoms with Gasteiger partial charge in [0.15, 0.2) is 0 Å². The SMILES string of the molecule is CC(C)C1CN(C(=O)CCN2CCCC2=O)CCCN1Cc1ccc(F)cc1. The lowest BCUT2D eigenvalue weighted by atomic mass is 10.0. The van der Waals surface area contributed by atoms with E-state index in [0.29, 0.717) is 31.8 Å². The van der Waals surface area contributed by atoms with E-state index < -0.39 is 0 Å². The Labute approximate surface area is 167 Å². The summed E-state index contributed by atoms with van der Waals surface area (Å²) in [7, 11) is 0. The van der Waals surface area contributed by atoms with Gasteiger partial charge in [0.05, 0.1) is 0 Å². The van der Waals surface area contributed by atoms with E-state index in [1.807, 2.05) is 21.9 Å². The van der Waals surface area contributed by atoms with Crippen molar-refractivity contribution in [3.8, 4) is 0 Å². The van der Waals surface area contributed by atoms with Gasteiger partial charge in [0.1, 0.15) is 5.82 Å². The molecule has 1 unspecified atom stereocenters. The van der Waals surface area contributed by atoms with Gasteiger partial charge >= 0.3 is 0 Å². The Hall–Kier alpha value is -1.95. The van der Waals surface area contributed by atoms with Crippen molar-refractivity contribution in [2.24, 2.45) is 5.92 Å². The summed E-state index contributed by atoms with van der Waals surface area (Å²) in [6.45, 7) is 8.88. The maximum atomic E-state index is 13.2. The highest BCUT2D eigenvalue weighted by molar-refractivity contribution is 5.80. The summed E-state index contributed by atoms with van der Waals surface area (Å²) in [6.07, 6.45) is 2.86. The van der Waals surface area contributed by atoms with Crippen molar-refractivity contribution in [3.63, 3.8) is 0 Å². The minimum atomic E-state index is -0.215. The minimum Gasteiger partial charge on any atom is -0.342 e. The van der Waals surface area contributed by atoms with Gasteiger partial charge in [-0.3, -0.25) is 14.5 Å². The highest BCUT2D eigenvalue weighted by Crippen LogP contribution is 2.21. The van der Waals surface area contributed by atoms with E-state index in [1.165, 1.54) is 12.1 Å². The van der Waals surface area contributed by atoms with Crippen LogP contribution in [0, 0.1) is 11.7 Å². The van der Waals surface area contributed by atoms with Crippen LogP contribution in [0.1, 0.15) is 45.1 Å². The molecule has 2 fully saturated rings. The fourth-order valence-corrected chi connectivity index (χ4v) is 4.27. The fourth-order valence-electron chi connectivity index (χ4n) is 4.27. The second kappa shape index (κ2) is 9.50. The Morgan fingerprint density at radius 3 is 2.54 bits per heavy atom. The van der Waals surface area contributed by atoms with Crippen LogP contribution in [0.25, 0.3) is 0 Å². The maximum absolute atomic E-state index is 13.2. The van der Waals surface area contributed by atoms with Crippen LogP contribution in [0.5, 0.6) is 0 Å². The summed E-state index contributed by atoms with van der Waals surface area (Å²) in [6, 6.07) is 6.96. The number of rotatable bonds is 6. The summed E-state index contributed by atoms with van der Waals surface area (Å²) in [5.41, 5.74) is 1.10. The first-order valence-corrected chi connectivity index (χ1v) is 10.5. The van der Waals surface area contributed by atoms with Crippen molar-refractivity contribution in [2.45, 2.75) is 52.1 Å². The number of carbonyl (C=O) groups excluding carboxylic acids is 2. The number of hydrogen-bond donors (Lipinski definition) is 0. The molecule has 2 aliphatic rings. The van der Waals surface area contributed by atoms with Crippen LogP contribution in [-0.2, 0) is 16.1 Å². The molecule has 1 atom stereocenters. The van der Waals surface area contributed by atoms with Crippen molar-refractivity contribution in [1.82, 2.24) is 14.7 Å². The second-order valence-electron chi connectivity index (χ2n) is 8.34. The normalized spacial score (nSPS) is 21.4. The van der Waals surface area contributed by atoms with Gasteiger partial charge in [0, 0.05) is 58.2 Å². The molecule has 0 spiro atoms. The Balaban J connectivity index is 1.60. The number of nitrogens with zero attached hydrogens (tertiary/aromatic N) is 3. The smallest absolute Gasteiger partial charge is 0.224 e. The van der Waals surface area contributed by atoms with Gasteiger partial charge in [-0.15, -0.1) is 0 Å². The van der Waals surface area contributed by atoms with Crippen LogP contribution in [-0.4, -0.2) is 65.3 Å². The van der Waals surface area contributed by atoms with E-state index in [0.717, 1.165) is 44.6 Å². The van der Waals surface area contributed by atoms with Gasteiger partial charge in [0.25, 0.3) is 0 Å². The quantitative estimate of drug-likeness (QED) is 0.751. The lowest BCUT2D eigenvalue weighted by Crippen LogP contribution is -2.46. The lowest BCUT2D eigenvalue weighted by Gasteiger charge is -2.34. The van der Waals surface area contributed by atoms with E-state index in [1.54, 1.807) is 0 Å².